The molecule has 0 spiro atoms. The van der Waals surface area contributed by atoms with Gasteiger partial charge in [0.1, 0.15) is 0 Å². The summed E-state index contributed by atoms with van der Waals surface area (Å²) in [7, 11) is 0. The van der Waals surface area contributed by atoms with Gasteiger partial charge in [0.15, 0.2) is 0 Å². The fourth-order valence-corrected chi connectivity index (χ4v) is 8.19. The first-order chi connectivity index (χ1) is 12.9. The third-order valence-corrected chi connectivity index (χ3v) is 10.3. The lowest BCUT2D eigenvalue weighted by Crippen LogP contribution is -2.63. The lowest BCUT2D eigenvalue weighted by atomic mass is 9.35. The SMILES string of the molecule is CCOC(=O)CC[C@H]1CCC2C3(C)CCC(O)C(C)(C)C3CCC2(C)C1(C)C. The Balaban J connectivity index is 1.84. The largest absolute Gasteiger partial charge is 0.466 e. The fraction of sp³-hybridized carbons (Fsp3) is 0.960. The minimum absolute atomic E-state index is 0.0131. The molecule has 3 fully saturated rings. The molecule has 5 unspecified atom stereocenters. The Morgan fingerprint density at radius 1 is 0.964 bits per heavy atom. The normalized spacial score (nSPS) is 44.3. The van der Waals surface area contributed by atoms with Crippen molar-refractivity contribution >= 4 is 5.97 Å². The number of hydrogen-bond acceptors (Lipinski definition) is 3. The van der Waals surface area contributed by atoms with Crippen molar-refractivity contribution in [1.82, 2.24) is 0 Å². The molecule has 1 N–H and O–H groups in total. The summed E-state index contributed by atoms with van der Waals surface area (Å²) in [5.41, 5.74) is 0.850. The van der Waals surface area contributed by atoms with E-state index in [0.717, 1.165) is 19.3 Å². The van der Waals surface area contributed by atoms with Crippen molar-refractivity contribution in [3.8, 4) is 0 Å². The quantitative estimate of drug-likeness (QED) is 0.598. The molecular formula is C25H44O3. The number of carbonyl (C=O) groups excluding carboxylic acids is 1. The number of fused-ring (bicyclic) bond motifs is 3. The minimum atomic E-state index is -0.163. The van der Waals surface area contributed by atoms with Gasteiger partial charge in [0, 0.05) is 6.42 Å². The van der Waals surface area contributed by atoms with Gasteiger partial charge < -0.3 is 9.84 Å². The van der Waals surface area contributed by atoms with Gasteiger partial charge >= 0.3 is 5.97 Å². The van der Waals surface area contributed by atoms with Gasteiger partial charge in [-0.25, -0.2) is 0 Å². The Morgan fingerprint density at radius 2 is 1.64 bits per heavy atom. The smallest absolute Gasteiger partial charge is 0.305 e. The van der Waals surface area contributed by atoms with Crippen LogP contribution in [0.3, 0.4) is 0 Å². The monoisotopic (exact) mass is 392 g/mol. The predicted octanol–water partition coefficient (Wildman–Crippen LogP) is 5.99. The molecule has 0 heterocycles. The zero-order valence-corrected chi connectivity index (χ0v) is 19.4. The van der Waals surface area contributed by atoms with Crippen LogP contribution in [0.1, 0.15) is 99.8 Å². The molecule has 3 saturated carbocycles. The molecule has 3 heteroatoms. The third-order valence-electron chi connectivity index (χ3n) is 10.3. The van der Waals surface area contributed by atoms with Crippen LogP contribution in [0, 0.1) is 39.4 Å². The Labute approximate surface area is 173 Å². The summed E-state index contributed by atoms with van der Waals surface area (Å²) in [6.45, 7) is 17.0. The summed E-state index contributed by atoms with van der Waals surface area (Å²) in [6.07, 6.45) is 8.42. The van der Waals surface area contributed by atoms with E-state index in [-0.39, 0.29) is 22.9 Å². The van der Waals surface area contributed by atoms with E-state index in [1.165, 1.54) is 25.7 Å². The highest BCUT2D eigenvalue weighted by Gasteiger charge is 2.65. The van der Waals surface area contributed by atoms with Gasteiger partial charge in [-0.05, 0) is 91.3 Å². The van der Waals surface area contributed by atoms with Crippen LogP contribution in [0.4, 0.5) is 0 Å². The molecule has 0 amide bonds. The maximum absolute atomic E-state index is 12.0. The Morgan fingerprint density at radius 3 is 2.29 bits per heavy atom. The molecule has 0 radical (unpaired) electrons. The molecule has 3 aliphatic rings. The zero-order chi connectivity index (χ0) is 21.0. The molecule has 0 saturated heterocycles. The highest BCUT2D eigenvalue weighted by molar-refractivity contribution is 5.69. The molecule has 3 aliphatic carbocycles. The molecule has 0 aromatic heterocycles. The van der Waals surface area contributed by atoms with Crippen molar-refractivity contribution < 1.29 is 14.6 Å². The second kappa shape index (κ2) is 7.29. The Bertz CT molecular complexity index is 595. The van der Waals surface area contributed by atoms with Crippen molar-refractivity contribution in [2.45, 2.75) is 106 Å². The fourth-order valence-electron chi connectivity index (χ4n) is 8.19. The van der Waals surface area contributed by atoms with Crippen molar-refractivity contribution in [1.29, 1.82) is 0 Å². The van der Waals surface area contributed by atoms with Crippen LogP contribution in [-0.2, 0) is 9.53 Å². The molecule has 162 valence electrons. The topological polar surface area (TPSA) is 46.5 Å². The Hall–Kier alpha value is -0.570. The van der Waals surface area contributed by atoms with Crippen molar-refractivity contribution in [3.63, 3.8) is 0 Å². The van der Waals surface area contributed by atoms with Crippen molar-refractivity contribution in [2.24, 2.45) is 39.4 Å². The summed E-state index contributed by atoms with van der Waals surface area (Å²) in [4.78, 5) is 12.0. The van der Waals surface area contributed by atoms with Crippen LogP contribution in [0.15, 0.2) is 0 Å². The number of ether oxygens (including phenoxy) is 1. The van der Waals surface area contributed by atoms with Crippen LogP contribution < -0.4 is 0 Å². The van der Waals surface area contributed by atoms with Gasteiger partial charge in [-0.3, -0.25) is 4.79 Å². The molecule has 6 atom stereocenters. The van der Waals surface area contributed by atoms with E-state index in [0.29, 0.717) is 41.6 Å². The molecule has 3 nitrogen and oxygen atoms in total. The summed E-state index contributed by atoms with van der Waals surface area (Å²) in [6, 6.07) is 0. The van der Waals surface area contributed by atoms with E-state index in [1.54, 1.807) is 0 Å². The molecule has 0 bridgehead atoms. The summed E-state index contributed by atoms with van der Waals surface area (Å²) < 4.78 is 5.19. The number of hydrogen-bond donors (Lipinski definition) is 1. The maximum atomic E-state index is 12.0. The van der Waals surface area contributed by atoms with Crippen LogP contribution in [0.25, 0.3) is 0 Å². The maximum Gasteiger partial charge on any atom is 0.305 e. The molecule has 0 aromatic rings. The predicted molar refractivity (Wildman–Crippen MR) is 114 cm³/mol. The number of esters is 1. The lowest BCUT2D eigenvalue weighted by Gasteiger charge is -2.69. The van der Waals surface area contributed by atoms with Crippen LogP contribution >= 0.6 is 0 Å². The minimum Gasteiger partial charge on any atom is -0.466 e. The molecule has 0 aliphatic heterocycles. The third kappa shape index (κ3) is 3.15. The van der Waals surface area contributed by atoms with E-state index in [9.17, 15) is 9.90 Å². The molecular weight excluding hydrogens is 348 g/mol. The first-order valence-corrected chi connectivity index (χ1v) is 11.7. The standard InChI is InChI=1S/C25H44O3/c1-8-28-21(27)12-10-17-9-11-19-24(6)15-14-20(26)22(2,3)18(24)13-16-25(19,7)23(17,4)5/h17-20,26H,8-16H2,1-7H3/t17-,18?,19?,20?,24?,25?/m1/s1. The summed E-state index contributed by atoms with van der Waals surface area (Å²) in [5.74, 6) is 1.86. The van der Waals surface area contributed by atoms with Gasteiger partial charge in [-0.15, -0.1) is 0 Å². The average Bonchev–Trinajstić information content (AvgIpc) is 2.59. The van der Waals surface area contributed by atoms with Gasteiger partial charge in [0.05, 0.1) is 12.7 Å². The van der Waals surface area contributed by atoms with Gasteiger partial charge in [-0.2, -0.15) is 0 Å². The summed E-state index contributed by atoms with van der Waals surface area (Å²) in [5, 5.41) is 10.7. The van der Waals surface area contributed by atoms with Gasteiger partial charge in [0.2, 0.25) is 0 Å². The summed E-state index contributed by atoms with van der Waals surface area (Å²) >= 11 is 0. The number of carbonyl (C=O) groups is 1. The van der Waals surface area contributed by atoms with Crippen molar-refractivity contribution in [2.75, 3.05) is 6.61 Å². The highest BCUT2D eigenvalue weighted by atomic mass is 16.5. The number of aliphatic hydroxyl groups excluding tert-OH is 1. The van der Waals surface area contributed by atoms with Crippen molar-refractivity contribution in [3.05, 3.63) is 0 Å². The van der Waals surface area contributed by atoms with E-state index < -0.39 is 0 Å². The van der Waals surface area contributed by atoms with E-state index in [2.05, 4.69) is 41.5 Å². The van der Waals surface area contributed by atoms with E-state index >= 15 is 0 Å². The van der Waals surface area contributed by atoms with E-state index in [1.807, 2.05) is 6.92 Å². The highest BCUT2D eigenvalue weighted by Crippen LogP contribution is 2.72. The number of rotatable bonds is 4. The van der Waals surface area contributed by atoms with Gasteiger partial charge in [-0.1, -0.05) is 41.5 Å². The van der Waals surface area contributed by atoms with Gasteiger partial charge in [0.25, 0.3) is 0 Å². The first-order valence-electron chi connectivity index (χ1n) is 11.7. The van der Waals surface area contributed by atoms with E-state index in [4.69, 9.17) is 4.74 Å². The molecule has 3 rings (SSSR count). The van der Waals surface area contributed by atoms with Crippen LogP contribution in [0.5, 0.6) is 0 Å². The number of aliphatic hydroxyl groups is 1. The lowest BCUT2D eigenvalue weighted by molar-refractivity contribution is -0.220. The second-order valence-electron chi connectivity index (χ2n) is 11.8. The van der Waals surface area contributed by atoms with Crippen LogP contribution in [0.2, 0.25) is 0 Å². The first kappa shape index (κ1) is 22.1. The zero-order valence-electron chi connectivity index (χ0n) is 19.4. The van der Waals surface area contributed by atoms with Crippen LogP contribution in [-0.4, -0.2) is 23.8 Å². The molecule has 0 aromatic carbocycles. The second-order valence-corrected chi connectivity index (χ2v) is 11.8. The molecule has 28 heavy (non-hydrogen) atoms. The average molecular weight is 393 g/mol. The Kier molecular flexibility index (Phi) is 5.76.